The highest BCUT2D eigenvalue weighted by atomic mass is 19.4. The number of ether oxygens (including phenoxy) is 2. The van der Waals surface area contributed by atoms with Gasteiger partial charge in [-0.2, -0.15) is 0 Å². The number of halogens is 3. The summed E-state index contributed by atoms with van der Waals surface area (Å²) >= 11 is 0. The van der Waals surface area contributed by atoms with Gasteiger partial charge in [-0.1, -0.05) is 24.3 Å². The number of benzene rings is 2. The normalized spacial score (nSPS) is 12.2. The lowest BCUT2D eigenvalue weighted by Gasteiger charge is -2.14. The van der Waals surface area contributed by atoms with Gasteiger partial charge in [0.1, 0.15) is 5.75 Å². The fraction of sp³-hybridized carbons (Fsp3) is 0.263. The van der Waals surface area contributed by atoms with Crippen LogP contribution >= 0.6 is 0 Å². The van der Waals surface area contributed by atoms with Crippen LogP contribution in [0, 0.1) is 6.92 Å². The van der Waals surface area contributed by atoms with E-state index in [4.69, 9.17) is 4.74 Å². The van der Waals surface area contributed by atoms with Gasteiger partial charge in [0.2, 0.25) is 0 Å². The number of hydrogen-bond acceptors (Lipinski definition) is 4. The van der Waals surface area contributed by atoms with Crippen LogP contribution in [0.1, 0.15) is 18.1 Å². The molecule has 0 aromatic heterocycles. The van der Waals surface area contributed by atoms with Crippen molar-refractivity contribution >= 4 is 17.6 Å². The van der Waals surface area contributed by atoms with E-state index in [1.165, 1.54) is 19.1 Å². The average Bonchev–Trinajstić information content (AvgIpc) is 2.57. The van der Waals surface area contributed by atoms with Gasteiger partial charge in [-0.05, 0) is 49.2 Å². The molecule has 27 heavy (non-hydrogen) atoms. The third-order valence-corrected chi connectivity index (χ3v) is 3.63. The minimum atomic E-state index is -4.79. The van der Waals surface area contributed by atoms with Gasteiger partial charge in [-0.25, -0.2) is 0 Å². The second kappa shape index (κ2) is 8.57. The van der Waals surface area contributed by atoms with Crippen molar-refractivity contribution in [2.24, 2.45) is 0 Å². The van der Waals surface area contributed by atoms with Crippen molar-refractivity contribution in [2.75, 3.05) is 5.32 Å². The highest BCUT2D eigenvalue weighted by Gasteiger charge is 2.31. The number of carbonyl (C=O) groups is 2. The monoisotopic (exact) mass is 381 g/mol. The number of anilines is 1. The van der Waals surface area contributed by atoms with E-state index in [0.717, 1.165) is 23.3 Å². The largest absolute Gasteiger partial charge is 0.573 e. The van der Waals surface area contributed by atoms with Crippen LogP contribution in [0.15, 0.2) is 48.5 Å². The first-order valence-electron chi connectivity index (χ1n) is 8.05. The van der Waals surface area contributed by atoms with Gasteiger partial charge in [-0.3, -0.25) is 9.59 Å². The molecule has 1 atom stereocenters. The summed E-state index contributed by atoms with van der Waals surface area (Å²) in [7, 11) is 0. The number of hydrogen-bond donors (Lipinski definition) is 1. The van der Waals surface area contributed by atoms with Crippen molar-refractivity contribution in [1.82, 2.24) is 0 Å². The second-order valence-electron chi connectivity index (χ2n) is 5.80. The van der Waals surface area contributed by atoms with Gasteiger partial charge in [-0.15, -0.1) is 13.2 Å². The van der Waals surface area contributed by atoms with Gasteiger partial charge in [0.15, 0.2) is 6.10 Å². The van der Waals surface area contributed by atoms with Crippen LogP contribution in [0.3, 0.4) is 0 Å². The summed E-state index contributed by atoms with van der Waals surface area (Å²) in [6.45, 7) is 3.27. The third-order valence-electron chi connectivity index (χ3n) is 3.63. The van der Waals surface area contributed by atoms with E-state index in [1.807, 2.05) is 19.1 Å². The fourth-order valence-corrected chi connectivity index (χ4v) is 2.24. The summed E-state index contributed by atoms with van der Waals surface area (Å²) < 4.78 is 45.2. The van der Waals surface area contributed by atoms with E-state index < -0.39 is 30.1 Å². The molecule has 5 nitrogen and oxygen atoms in total. The van der Waals surface area contributed by atoms with E-state index in [9.17, 15) is 22.8 Å². The van der Waals surface area contributed by atoms with Crippen molar-refractivity contribution in [3.05, 3.63) is 59.7 Å². The molecule has 0 aliphatic carbocycles. The number of alkyl halides is 3. The van der Waals surface area contributed by atoms with Crippen molar-refractivity contribution < 1.29 is 32.2 Å². The second-order valence-corrected chi connectivity index (χ2v) is 5.80. The Morgan fingerprint density at radius 1 is 1.07 bits per heavy atom. The molecule has 144 valence electrons. The van der Waals surface area contributed by atoms with Crippen molar-refractivity contribution in [3.63, 3.8) is 0 Å². The van der Waals surface area contributed by atoms with Crippen LogP contribution in [0.2, 0.25) is 0 Å². The Morgan fingerprint density at radius 2 is 1.70 bits per heavy atom. The van der Waals surface area contributed by atoms with E-state index >= 15 is 0 Å². The number of rotatable bonds is 6. The van der Waals surface area contributed by atoms with Gasteiger partial charge in [0.05, 0.1) is 6.42 Å². The van der Waals surface area contributed by atoms with Crippen LogP contribution in [0.25, 0.3) is 0 Å². The molecule has 0 spiro atoms. The molecule has 1 amide bonds. The quantitative estimate of drug-likeness (QED) is 0.768. The number of esters is 1. The zero-order valence-corrected chi connectivity index (χ0v) is 14.7. The lowest BCUT2D eigenvalue weighted by atomic mass is 10.1. The first-order chi connectivity index (χ1) is 12.6. The molecule has 0 heterocycles. The Hall–Kier alpha value is -3.03. The van der Waals surface area contributed by atoms with Crippen molar-refractivity contribution in [2.45, 2.75) is 32.7 Å². The number of carbonyl (C=O) groups excluding carboxylic acids is 2. The Kier molecular flexibility index (Phi) is 6.44. The molecule has 0 saturated carbocycles. The zero-order chi connectivity index (χ0) is 20.0. The van der Waals surface area contributed by atoms with Crippen molar-refractivity contribution in [3.8, 4) is 5.75 Å². The van der Waals surface area contributed by atoms with E-state index in [0.29, 0.717) is 0 Å². The average molecular weight is 381 g/mol. The molecule has 0 saturated heterocycles. The highest BCUT2D eigenvalue weighted by molar-refractivity contribution is 5.95. The first kappa shape index (κ1) is 20.3. The summed E-state index contributed by atoms with van der Waals surface area (Å²) in [5, 5.41) is 2.46. The topological polar surface area (TPSA) is 64.6 Å². The predicted molar refractivity (Wildman–Crippen MR) is 92.2 cm³/mol. The van der Waals surface area contributed by atoms with Gasteiger partial charge in [0.25, 0.3) is 5.91 Å². The lowest BCUT2D eigenvalue weighted by molar-refractivity contribution is -0.274. The molecule has 0 aliphatic rings. The Labute approximate surface area is 154 Å². The molecule has 0 bridgehead atoms. The summed E-state index contributed by atoms with van der Waals surface area (Å²) in [4.78, 5) is 24.1. The minimum absolute atomic E-state index is 0.0355. The molecular formula is C19H18F3NO4. The summed E-state index contributed by atoms with van der Waals surface area (Å²) in [6.07, 6.45) is -5.81. The first-order valence-corrected chi connectivity index (χ1v) is 8.05. The molecule has 2 aromatic rings. The standard InChI is InChI=1S/C19H18F3NO4/c1-12-5-3-4-6-14(12)11-17(24)26-13(2)18(25)23-15-7-9-16(10-8-15)27-19(20,21)22/h3-10,13H,11H2,1-2H3,(H,23,25). The molecule has 1 N–H and O–H groups in total. The molecule has 8 heteroatoms. The Morgan fingerprint density at radius 3 is 2.30 bits per heavy atom. The summed E-state index contributed by atoms with van der Waals surface area (Å²) in [5.74, 6) is -1.56. The number of nitrogens with one attached hydrogen (secondary N) is 1. The number of amides is 1. The minimum Gasteiger partial charge on any atom is -0.452 e. The number of aryl methyl sites for hydroxylation is 1. The highest BCUT2D eigenvalue weighted by Crippen LogP contribution is 2.24. The van der Waals surface area contributed by atoms with E-state index in [1.54, 1.807) is 12.1 Å². The maximum Gasteiger partial charge on any atom is 0.573 e. The summed E-state index contributed by atoms with van der Waals surface area (Å²) in [5.41, 5.74) is 1.99. The van der Waals surface area contributed by atoms with Crippen LogP contribution < -0.4 is 10.1 Å². The van der Waals surface area contributed by atoms with Crippen LogP contribution in [0.5, 0.6) is 5.75 Å². The molecule has 2 aromatic carbocycles. The van der Waals surface area contributed by atoms with E-state index in [-0.39, 0.29) is 12.1 Å². The van der Waals surface area contributed by atoms with Gasteiger partial charge >= 0.3 is 12.3 Å². The Balaban J connectivity index is 1.88. The van der Waals surface area contributed by atoms with Gasteiger partial charge < -0.3 is 14.8 Å². The lowest BCUT2D eigenvalue weighted by Crippen LogP contribution is -2.30. The van der Waals surface area contributed by atoms with Crippen molar-refractivity contribution in [1.29, 1.82) is 0 Å². The maximum atomic E-state index is 12.1. The molecule has 0 radical (unpaired) electrons. The molecular weight excluding hydrogens is 363 g/mol. The van der Waals surface area contributed by atoms with Gasteiger partial charge in [0, 0.05) is 5.69 Å². The molecule has 2 rings (SSSR count). The molecule has 0 fully saturated rings. The maximum absolute atomic E-state index is 12.1. The molecule has 1 unspecified atom stereocenters. The van der Waals surface area contributed by atoms with Crippen LogP contribution in [-0.2, 0) is 20.7 Å². The molecule has 0 aliphatic heterocycles. The fourth-order valence-electron chi connectivity index (χ4n) is 2.24. The SMILES string of the molecule is Cc1ccccc1CC(=O)OC(C)C(=O)Nc1ccc(OC(F)(F)F)cc1. The third kappa shape index (κ3) is 6.65. The van der Waals surface area contributed by atoms with Crippen LogP contribution in [0.4, 0.5) is 18.9 Å². The smallest absolute Gasteiger partial charge is 0.452 e. The predicted octanol–water partition coefficient (Wildman–Crippen LogP) is 4.01. The van der Waals surface area contributed by atoms with Crippen LogP contribution in [-0.4, -0.2) is 24.3 Å². The summed E-state index contributed by atoms with van der Waals surface area (Å²) in [6, 6.07) is 12.0. The van der Waals surface area contributed by atoms with E-state index in [2.05, 4.69) is 10.1 Å². The Bertz CT molecular complexity index is 803. The zero-order valence-electron chi connectivity index (χ0n) is 14.7.